The van der Waals surface area contributed by atoms with E-state index < -0.39 is 25.6 Å². The Morgan fingerprint density at radius 2 is 1.91 bits per heavy atom. The molecule has 0 aliphatic heterocycles. The number of rotatable bonds is 3. The van der Waals surface area contributed by atoms with Crippen LogP contribution in [0.15, 0.2) is 18.2 Å². The SMILES string of the molecule is CC(C)(C)C(Oc1ccc(C#N)cc1C#C[Si](C)(C)C)C(=O)O. The van der Waals surface area contributed by atoms with Gasteiger partial charge in [-0.05, 0) is 18.2 Å². The number of hydrogen-bond donors (Lipinski definition) is 1. The molecule has 0 amide bonds. The van der Waals surface area contributed by atoms with E-state index in [1.165, 1.54) is 0 Å². The monoisotopic (exact) mass is 329 g/mol. The molecule has 122 valence electrons. The smallest absolute Gasteiger partial charge is 0.345 e. The maximum atomic E-state index is 11.5. The Morgan fingerprint density at radius 1 is 1.30 bits per heavy atom. The topological polar surface area (TPSA) is 70.3 Å². The lowest BCUT2D eigenvalue weighted by molar-refractivity contribution is -0.150. The summed E-state index contributed by atoms with van der Waals surface area (Å²) in [4.78, 5) is 11.5. The lowest BCUT2D eigenvalue weighted by atomic mass is 9.89. The molecule has 0 fully saturated rings. The van der Waals surface area contributed by atoms with Crippen LogP contribution in [0.3, 0.4) is 0 Å². The first-order valence-electron chi connectivity index (χ1n) is 7.41. The van der Waals surface area contributed by atoms with Crippen molar-refractivity contribution in [3.05, 3.63) is 29.3 Å². The molecule has 1 aromatic rings. The van der Waals surface area contributed by atoms with Gasteiger partial charge >= 0.3 is 5.97 Å². The van der Waals surface area contributed by atoms with E-state index in [1.807, 2.05) is 20.8 Å². The zero-order valence-electron chi connectivity index (χ0n) is 14.5. The third-order valence-corrected chi connectivity index (χ3v) is 3.81. The van der Waals surface area contributed by atoms with Crippen molar-refractivity contribution in [1.82, 2.24) is 0 Å². The predicted molar refractivity (Wildman–Crippen MR) is 92.9 cm³/mol. The molecule has 1 unspecified atom stereocenters. The maximum absolute atomic E-state index is 11.5. The molecule has 1 N–H and O–H groups in total. The second-order valence-corrected chi connectivity index (χ2v) is 12.3. The van der Waals surface area contributed by atoms with E-state index in [9.17, 15) is 9.90 Å². The highest BCUT2D eigenvalue weighted by atomic mass is 28.3. The third-order valence-electron chi connectivity index (χ3n) is 2.94. The number of aliphatic carboxylic acids is 1. The second-order valence-electron chi connectivity index (χ2n) is 7.52. The van der Waals surface area contributed by atoms with Crippen molar-refractivity contribution in [3.8, 4) is 23.3 Å². The fraction of sp³-hybridized carbons (Fsp3) is 0.444. The van der Waals surface area contributed by atoms with Crippen LogP contribution in [-0.2, 0) is 4.79 Å². The van der Waals surface area contributed by atoms with Gasteiger partial charge in [-0.1, -0.05) is 46.3 Å². The lowest BCUT2D eigenvalue weighted by Gasteiger charge is -2.28. The third kappa shape index (κ3) is 5.81. The van der Waals surface area contributed by atoms with E-state index in [4.69, 9.17) is 10.00 Å². The van der Waals surface area contributed by atoms with E-state index in [2.05, 4.69) is 37.2 Å². The number of carboxylic acid groups (broad SMARTS) is 1. The summed E-state index contributed by atoms with van der Waals surface area (Å²) in [5.41, 5.74) is 3.69. The maximum Gasteiger partial charge on any atom is 0.345 e. The molecule has 5 heteroatoms. The first kappa shape index (κ1) is 18.8. The largest absolute Gasteiger partial charge is 0.478 e. The van der Waals surface area contributed by atoms with Gasteiger partial charge in [0, 0.05) is 5.41 Å². The summed E-state index contributed by atoms with van der Waals surface area (Å²) in [7, 11) is -1.60. The van der Waals surface area contributed by atoms with Gasteiger partial charge in [-0.15, -0.1) is 5.54 Å². The Kier molecular flexibility index (Phi) is 5.64. The Balaban J connectivity index is 3.32. The van der Waals surface area contributed by atoms with Crippen molar-refractivity contribution in [2.75, 3.05) is 0 Å². The number of hydrogen-bond acceptors (Lipinski definition) is 3. The lowest BCUT2D eigenvalue weighted by Crippen LogP contribution is -2.39. The van der Waals surface area contributed by atoms with Crippen molar-refractivity contribution in [1.29, 1.82) is 5.26 Å². The molecule has 0 aliphatic carbocycles. The quantitative estimate of drug-likeness (QED) is 0.678. The fourth-order valence-electron chi connectivity index (χ4n) is 1.78. The van der Waals surface area contributed by atoms with E-state index >= 15 is 0 Å². The van der Waals surface area contributed by atoms with Crippen LogP contribution >= 0.6 is 0 Å². The molecule has 0 heterocycles. The van der Waals surface area contributed by atoms with Gasteiger partial charge in [0.1, 0.15) is 13.8 Å². The number of nitrogens with zero attached hydrogens (tertiary/aromatic N) is 1. The molecule has 0 radical (unpaired) electrons. The van der Waals surface area contributed by atoms with Crippen LogP contribution in [0.2, 0.25) is 19.6 Å². The summed E-state index contributed by atoms with van der Waals surface area (Å²) in [5, 5.41) is 18.5. The van der Waals surface area contributed by atoms with Crippen molar-refractivity contribution in [3.63, 3.8) is 0 Å². The van der Waals surface area contributed by atoms with Crippen LogP contribution in [0, 0.1) is 28.2 Å². The van der Waals surface area contributed by atoms with Gasteiger partial charge < -0.3 is 9.84 Å². The molecular formula is C18H23NO3Si. The van der Waals surface area contributed by atoms with Crippen LogP contribution in [0.25, 0.3) is 0 Å². The Morgan fingerprint density at radius 3 is 2.35 bits per heavy atom. The van der Waals surface area contributed by atoms with Gasteiger partial charge in [0.15, 0.2) is 6.10 Å². The summed E-state index contributed by atoms with van der Waals surface area (Å²) >= 11 is 0. The Bertz CT molecular complexity index is 694. The number of benzene rings is 1. The van der Waals surface area contributed by atoms with E-state index in [1.54, 1.807) is 18.2 Å². The highest BCUT2D eigenvalue weighted by molar-refractivity contribution is 6.83. The summed E-state index contributed by atoms with van der Waals surface area (Å²) in [6.45, 7) is 11.8. The number of ether oxygens (including phenoxy) is 1. The Hall–Kier alpha value is -2.24. The van der Waals surface area contributed by atoms with Crippen LogP contribution in [0.1, 0.15) is 31.9 Å². The van der Waals surface area contributed by atoms with Crippen molar-refractivity contribution in [2.24, 2.45) is 5.41 Å². The van der Waals surface area contributed by atoms with Crippen LogP contribution in [0.4, 0.5) is 0 Å². The summed E-state index contributed by atoms with van der Waals surface area (Å²) < 4.78 is 5.74. The molecule has 0 bridgehead atoms. The molecule has 1 atom stereocenters. The summed E-state index contributed by atoms with van der Waals surface area (Å²) in [6, 6.07) is 6.94. The van der Waals surface area contributed by atoms with E-state index in [0.717, 1.165) is 0 Å². The first-order valence-corrected chi connectivity index (χ1v) is 10.9. The minimum Gasteiger partial charge on any atom is -0.478 e. The van der Waals surface area contributed by atoms with Crippen molar-refractivity contribution in [2.45, 2.75) is 46.5 Å². The average molecular weight is 329 g/mol. The average Bonchev–Trinajstić information content (AvgIpc) is 2.40. The predicted octanol–water partition coefficient (Wildman–Crippen LogP) is 3.67. The van der Waals surface area contributed by atoms with Gasteiger partial charge in [-0.25, -0.2) is 4.79 Å². The molecule has 0 saturated heterocycles. The number of nitriles is 1. The van der Waals surface area contributed by atoms with Crippen molar-refractivity contribution < 1.29 is 14.6 Å². The van der Waals surface area contributed by atoms with Crippen LogP contribution < -0.4 is 4.74 Å². The Labute approximate surface area is 139 Å². The van der Waals surface area contributed by atoms with E-state index in [-0.39, 0.29) is 0 Å². The molecule has 1 aromatic carbocycles. The number of carboxylic acids is 1. The molecule has 0 aliphatic rings. The van der Waals surface area contributed by atoms with Gasteiger partial charge in [0.05, 0.1) is 17.2 Å². The zero-order valence-corrected chi connectivity index (χ0v) is 15.5. The zero-order chi connectivity index (χ0) is 17.8. The molecule has 0 spiro atoms. The number of carbonyl (C=O) groups is 1. The fourth-order valence-corrected chi connectivity index (χ4v) is 2.29. The molecular weight excluding hydrogens is 306 g/mol. The molecule has 0 aromatic heterocycles. The van der Waals surface area contributed by atoms with E-state index in [0.29, 0.717) is 16.9 Å². The van der Waals surface area contributed by atoms with Gasteiger partial charge in [0.25, 0.3) is 0 Å². The van der Waals surface area contributed by atoms with Crippen molar-refractivity contribution >= 4 is 14.0 Å². The minimum atomic E-state index is -1.60. The highest BCUT2D eigenvalue weighted by Crippen LogP contribution is 2.28. The first-order chi connectivity index (χ1) is 10.4. The highest BCUT2D eigenvalue weighted by Gasteiger charge is 2.33. The van der Waals surface area contributed by atoms with Gasteiger partial charge in [0.2, 0.25) is 0 Å². The molecule has 4 nitrogen and oxygen atoms in total. The molecule has 0 saturated carbocycles. The second kappa shape index (κ2) is 6.89. The van der Waals surface area contributed by atoms with Crippen LogP contribution in [-0.4, -0.2) is 25.3 Å². The van der Waals surface area contributed by atoms with Crippen LogP contribution in [0.5, 0.6) is 5.75 Å². The van der Waals surface area contributed by atoms with Gasteiger partial charge in [-0.2, -0.15) is 5.26 Å². The summed E-state index contributed by atoms with van der Waals surface area (Å²) in [6.07, 6.45) is -0.997. The minimum absolute atomic E-state index is 0.400. The summed E-state index contributed by atoms with van der Waals surface area (Å²) in [5.74, 6) is 2.44. The van der Waals surface area contributed by atoms with Gasteiger partial charge in [-0.3, -0.25) is 0 Å². The standard InChI is InChI=1S/C18H23NO3Si/c1-18(2,3)16(17(20)21)22-15-8-7-13(12-19)11-14(15)9-10-23(4,5)6/h7-8,11,16H,1-6H3,(H,20,21). The molecule has 1 rings (SSSR count). The normalized spacial score (nSPS) is 12.6. The molecule has 23 heavy (non-hydrogen) atoms.